The zero-order chi connectivity index (χ0) is 22.6. The number of nitrogens with one attached hydrogen (secondary N) is 2. The Balaban J connectivity index is 1.90. The minimum absolute atomic E-state index is 0.00339. The third kappa shape index (κ3) is 7.18. The van der Waals surface area contributed by atoms with E-state index in [1.807, 2.05) is 6.92 Å². The number of ether oxygens (including phenoxy) is 2. The van der Waals surface area contributed by atoms with Gasteiger partial charge in [-0.05, 0) is 43.2 Å². The van der Waals surface area contributed by atoms with Gasteiger partial charge in [-0.1, -0.05) is 18.2 Å². The van der Waals surface area contributed by atoms with Crippen LogP contribution in [-0.2, 0) is 16.0 Å². The van der Waals surface area contributed by atoms with Gasteiger partial charge >= 0.3 is 0 Å². The van der Waals surface area contributed by atoms with Crippen molar-refractivity contribution in [3.05, 3.63) is 60.2 Å². The number of hydrogen-bond acceptors (Lipinski definition) is 6. The molecule has 8 heteroatoms. The summed E-state index contributed by atoms with van der Waals surface area (Å²) in [5, 5.41) is 16.9. The number of methoxy groups -OCH3 is 1. The number of rotatable bonds is 11. The molecule has 2 aromatic rings. The number of hydrogen-bond donors (Lipinski definition) is 3. The smallest absolute Gasteiger partial charge is 0.240 e. The first-order valence-corrected chi connectivity index (χ1v) is 9.82. The summed E-state index contributed by atoms with van der Waals surface area (Å²) in [6.45, 7) is 5.89. The van der Waals surface area contributed by atoms with Crippen molar-refractivity contribution in [2.24, 2.45) is 5.10 Å². The van der Waals surface area contributed by atoms with E-state index >= 15 is 0 Å². The molecule has 2 aromatic carbocycles. The number of carbonyl (C=O) groups is 2. The highest BCUT2D eigenvalue weighted by Crippen LogP contribution is 2.32. The Morgan fingerprint density at radius 3 is 2.61 bits per heavy atom. The molecule has 0 aliphatic heterocycles. The van der Waals surface area contributed by atoms with Gasteiger partial charge in [0.15, 0.2) is 11.5 Å². The van der Waals surface area contributed by atoms with Crippen molar-refractivity contribution in [2.45, 2.75) is 26.2 Å². The molecule has 0 heterocycles. The van der Waals surface area contributed by atoms with Crippen LogP contribution in [0.5, 0.6) is 17.2 Å². The first-order valence-electron chi connectivity index (χ1n) is 9.82. The molecule has 0 aliphatic carbocycles. The number of phenols is 1. The van der Waals surface area contributed by atoms with Crippen molar-refractivity contribution >= 4 is 23.7 Å². The minimum Gasteiger partial charge on any atom is -0.504 e. The third-order valence-corrected chi connectivity index (χ3v) is 4.20. The number of anilines is 1. The van der Waals surface area contributed by atoms with Gasteiger partial charge in [-0.2, -0.15) is 5.10 Å². The predicted molar refractivity (Wildman–Crippen MR) is 120 cm³/mol. The summed E-state index contributed by atoms with van der Waals surface area (Å²) < 4.78 is 10.6. The Hall–Kier alpha value is -3.81. The highest BCUT2D eigenvalue weighted by molar-refractivity contribution is 5.94. The molecular weight excluding hydrogens is 398 g/mol. The van der Waals surface area contributed by atoms with Crippen LogP contribution < -0.4 is 20.2 Å². The third-order valence-electron chi connectivity index (χ3n) is 4.20. The lowest BCUT2D eigenvalue weighted by Crippen LogP contribution is -2.20. The van der Waals surface area contributed by atoms with Crippen molar-refractivity contribution in [1.29, 1.82) is 0 Å². The van der Waals surface area contributed by atoms with Crippen LogP contribution in [0, 0.1) is 0 Å². The average molecular weight is 425 g/mol. The zero-order valence-corrected chi connectivity index (χ0v) is 17.7. The topological polar surface area (TPSA) is 109 Å². The van der Waals surface area contributed by atoms with Crippen LogP contribution in [-0.4, -0.2) is 36.9 Å². The number of aromatic hydroxyl groups is 1. The molecule has 8 nitrogen and oxygen atoms in total. The van der Waals surface area contributed by atoms with E-state index in [0.29, 0.717) is 41.3 Å². The molecule has 0 atom stereocenters. The predicted octanol–water partition coefficient (Wildman–Crippen LogP) is 3.40. The standard InChI is InChI=1S/C23H27N3O5/c1-4-8-17-13-16(14-20(23(17)29)31-5-2)15-24-26-22(28)12-11-21(27)25-18-9-6-7-10-19(18)30-3/h4,6-7,9-10,13-15,29H,1,5,8,11-12H2,2-3H3,(H,25,27)(H,26,28). The second-order valence-corrected chi connectivity index (χ2v) is 6.49. The van der Waals surface area contributed by atoms with Crippen LogP contribution in [0.25, 0.3) is 0 Å². The molecule has 0 bridgehead atoms. The molecule has 31 heavy (non-hydrogen) atoms. The van der Waals surface area contributed by atoms with Crippen molar-refractivity contribution in [3.63, 3.8) is 0 Å². The summed E-state index contributed by atoms with van der Waals surface area (Å²) in [4.78, 5) is 24.1. The molecule has 0 radical (unpaired) electrons. The summed E-state index contributed by atoms with van der Waals surface area (Å²) >= 11 is 0. The maximum Gasteiger partial charge on any atom is 0.240 e. The molecule has 3 N–H and O–H groups in total. The molecule has 0 saturated heterocycles. The molecule has 0 spiro atoms. The number of benzene rings is 2. The second-order valence-electron chi connectivity index (χ2n) is 6.49. The Morgan fingerprint density at radius 2 is 1.90 bits per heavy atom. The van der Waals surface area contributed by atoms with Gasteiger partial charge in [0, 0.05) is 18.4 Å². The van der Waals surface area contributed by atoms with Crippen LogP contribution >= 0.6 is 0 Å². The van der Waals surface area contributed by atoms with Crippen molar-refractivity contribution in [1.82, 2.24) is 5.43 Å². The van der Waals surface area contributed by atoms with E-state index < -0.39 is 5.91 Å². The number of nitrogens with zero attached hydrogens (tertiary/aromatic N) is 1. The fraction of sp³-hybridized carbons (Fsp3) is 0.261. The lowest BCUT2D eigenvalue weighted by Gasteiger charge is -2.11. The quantitative estimate of drug-likeness (QED) is 0.290. The number of phenolic OH excluding ortho intramolecular Hbond substituents is 1. The van der Waals surface area contributed by atoms with Crippen LogP contribution in [0.4, 0.5) is 5.69 Å². The van der Waals surface area contributed by atoms with Gasteiger partial charge < -0.3 is 19.9 Å². The van der Waals surface area contributed by atoms with Gasteiger partial charge in [-0.15, -0.1) is 6.58 Å². The number of amides is 2. The minimum atomic E-state index is -0.401. The lowest BCUT2D eigenvalue weighted by molar-refractivity contribution is -0.124. The van der Waals surface area contributed by atoms with Gasteiger partial charge in [0.25, 0.3) is 0 Å². The second kappa shape index (κ2) is 12.0. The van der Waals surface area contributed by atoms with Gasteiger partial charge in [0.05, 0.1) is 25.6 Å². The Bertz CT molecular complexity index is 956. The number of para-hydroxylation sites is 2. The molecule has 0 saturated carbocycles. The van der Waals surface area contributed by atoms with Crippen LogP contribution in [0.3, 0.4) is 0 Å². The largest absolute Gasteiger partial charge is 0.504 e. The maximum absolute atomic E-state index is 12.1. The van der Waals surface area contributed by atoms with Crippen molar-refractivity contribution in [3.8, 4) is 17.2 Å². The van der Waals surface area contributed by atoms with Crippen LogP contribution in [0.1, 0.15) is 30.9 Å². The fourth-order valence-corrected chi connectivity index (χ4v) is 2.76. The molecular formula is C23H27N3O5. The van der Waals surface area contributed by atoms with Crippen LogP contribution in [0.15, 0.2) is 54.2 Å². The number of allylic oxidation sites excluding steroid dienone is 1. The van der Waals surface area contributed by atoms with E-state index in [1.165, 1.54) is 13.3 Å². The Labute approximate surface area is 181 Å². The summed E-state index contributed by atoms with van der Waals surface area (Å²) in [6, 6.07) is 10.4. The van der Waals surface area contributed by atoms with E-state index in [0.717, 1.165) is 0 Å². The van der Waals surface area contributed by atoms with Crippen molar-refractivity contribution < 1.29 is 24.2 Å². The first kappa shape index (κ1) is 23.5. The molecule has 164 valence electrons. The van der Waals surface area contributed by atoms with Gasteiger partial charge in [-0.25, -0.2) is 5.43 Å². The number of carbonyl (C=O) groups excluding carboxylic acids is 2. The molecule has 2 rings (SSSR count). The maximum atomic E-state index is 12.1. The monoisotopic (exact) mass is 425 g/mol. The Morgan fingerprint density at radius 1 is 1.16 bits per heavy atom. The van der Waals surface area contributed by atoms with E-state index in [-0.39, 0.29) is 24.5 Å². The van der Waals surface area contributed by atoms with Gasteiger partial charge in [0.2, 0.25) is 11.8 Å². The summed E-state index contributed by atoms with van der Waals surface area (Å²) in [5.74, 6) is 0.229. The normalized spacial score (nSPS) is 10.5. The highest BCUT2D eigenvalue weighted by atomic mass is 16.5. The number of hydrazone groups is 1. The summed E-state index contributed by atoms with van der Waals surface area (Å²) in [7, 11) is 1.52. The lowest BCUT2D eigenvalue weighted by atomic mass is 10.1. The fourth-order valence-electron chi connectivity index (χ4n) is 2.76. The summed E-state index contributed by atoms with van der Waals surface area (Å²) in [6.07, 6.45) is 3.54. The van der Waals surface area contributed by atoms with Gasteiger partial charge in [0.1, 0.15) is 5.75 Å². The van der Waals surface area contributed by atoms with Gasteiger partial charge in [-0.3, -0.25) is 9.59 Å². The molecule has 0 aromatic heterocycles. The zero-order valence-electron chi connectivity index (χ0n) is 17.7. The van der Waals surface area contributed by atoms with E-state index in [9.17, 15) is 14.7 Å². The SMILES string of the molecule is C=CCc1cc(C=NNC(=O)CCC(=O)Nc2ccccc2OC)cc(OCC)c1O. The molecule has 0 fully saturated rings. The first-order chi connectivity index (χ1) is 15.0. The van der Waals surface area contributed by atoms with E-state index in [2.05, 4.69) is 22.4 Å². The van der Waals surface area contributed by atoms with E-state index in [1.54, 1.807) is 42.5 Å². The molecule has 0 unspecified atom stereocenters. The average Bonchev–Trinajstić information content (AvgIpc) is 2.76. The van der Waals surface area contributed by atoms with Crippen molar-refractivity contribution in [2.75, 3.05) is 19.0 Å². The molecule has 0 aliphatic rings. The highest BCUT2D eigenvalue weighted by Gasteiger charge is 2.11. The van der Waals surface area contributed by atoms with E-state index in [4.69, 9.17) is 9.47 Å². The van der Waals surface area contributed by atoms with Crippen LogP contribution in [0.2, 0.25) is 0 Å². The molecule has 2 amide bonds. The summed E-state index contributed by atoms with van der Waals surface area (Å²) in [5.41, 5.74) is 4.22. The Kier molecular flexibility index (Phi) is 9.10.